The molecule has 9 heteroatoms. The lowest BCUT2D eigenvalue weighted by Gasteiger charge is -2.34. The van der Waals surface area contributed by atoms with Crippen molar-refractivity contribution in [3.05, 3.63) is 72.2 Å². The van der Waals surface area contributed by atoms with Crippen LogP contribution in [-0.2, 0) is 4.74 Å². The summed E-state index contributed by atoms with van der Waals surface area (Å²) < 4.78 is 22.1. The zero-order valence-electron chi connectivity index (χ0n) is 20.4. The first-order chi connectivity index (χ1) is 17.5. The SMILES string of the molecule is Cc1nn(-c2cccnc2)c(C)c1-c1cc(N2CCOC[C@H]2C)nc(-c2cc(F)cc3[nH]ccc23)n1. The van der Waals surface area contributed by atoms with Gasteiger partial charge in [-0.15, -0.1) is 0 Å². The number of H-pyrrole nitrogens is 1. The first-order valence-corrected chi connectivity index (χ1v) is 12.0. The van der Waals surface area contributed by atoms with Crippen molar-refractivity contribution in [3.63, 3.8) is 0 Å². The molecule has 1 aromatic carbocycles. The maximum Gasteiger partial charge on any atom is 0.162 e. The van der Waals surface area contributed by atoms with Crippen LogP contribution >= 0.6 is 0 Å². The highest BCUT2D eigenvalue weighted by molar-refractivity contribution is 5.94. The second kappa shape index (κ2) is 8.83. The van der Waals surface area contributed by atoms with Gasteiger partial charge in [-0.25, -0.2) is 19.0 Å². The van der Waals surface area contributed by atoms with E-state index >= 15 is 0 Å². The van der Waals surface area contributed by atoms with E-state index in [1.807, 2.05) is 42.8 Å². The van der Waals surface area contributed by atoms with Gasteiger partial charge in [-0.2, -0.15) is 5.10 Å². The summed E-state index contributed by atoms with van der Waals surface area (Å²) in [7, 11) is 0. The standard InChI is InChI=1S/C27H26FN7O/c1-16-15-36-10-9-34(16)25-13-24(26-17(2)33-35(18(26)3)20-5-4-7-29-14-20)31-27(32-25)22-11-19(28)12-23-21(22)6-8-30-23/h4-8,11-14,16,30H,9-10,15H2,1-3H3/t16-/m1/s1. The highest BCUT2D eigenvalue weighted by atomic mass is 19.1. The number of halogens is 1. The molecule has 4 aromatic heterocycles. The molecule has 1 aliphatic rings. The van der Waals surface area contributed by atoms with Gasteiger partial charge < -0.3 is 14.6 Å². The van der Waals surface area contributed by atoms with Gasteiger partial charge in [0.25, 0.3) is 0 Å². The first-order valence-electron chi connectivity index (χ1n) is 12.0. The van der Waals surface area contributed by atoms with Crippen molar-refractivity contribution in [2.75, 3.05) is 24.7 Å². The molecule has 5 aromatic rings. The van der Waals surface area contributed by atoms with Gasteiger partial charge in [-0.3, -0.25) is 4.98 Å². The minimum absolute atomic E-state index is 0.148. The minimum Gasteiger partial charge on any atom is -0.377 e. The fourth-order valence-electron chi connectivity index (χ4n) is 4.96. The van der Waals surface area contributed by atoms with Crippen LogP contribution in [0.3, 0.4) is 0 Å². The molecule has 0 saturated carbocycles. The van der Waals surface area contributed by atoms with E-state index in [9.17, 15) is 4.39 Å². The number of aromatic amines is 1. The van der Waals surface area contributed by atoms with Crippen molar-refractivity contribution in [1.29, 1.82) is 0 Å². The van der Waals surface area contributed by atoms with Crippen molar-refractivity contribution in [1.82, 2.24) is 29.7 Å². The molecular formula is C27H26FN7O. The fourth-order valence-corrected chi connectivity index (χ4v) is 4.96. The molecular weight excluding hydrogens is 457 g/mol. The van der Waals surface area contributed by atoms with Gasteiger partial charge in [0.2, 0.25) is 0 Å². The van der Waals surface area contributed by atoms with Crippen molar-refractivity contribution in [3.8, 4) is 28.3 Å². The summed E-state index contributed by atoms with van der Waals surface area (Å²) in [6.45, 7) is 8.07. The third-order valence-electron chi connectivity index (χ3n) is 6.69. The Balaban J connectivity index is 1.57. The van der Waals surface area contributed by atoms with Crippen LogP contribution in [0, 0.1) is 19.7 Å². The number of anilines is 1. The molecule has 0 spiro atoms. The number of aryl methyl sites for hydroxylation is 1. The Morgan fingerprint density at radius 1 is 1.14 bits per heavy atom. The number of hydrogen-bond donors (Lipinski definition) is 1. The number of hydrogen-bond acceptors (Lipinski definition) is 6. The molecule has 8 nitrogen and oxygen atoms in total. The summed E-state index contributed by atoms with van der Waals surface area (Å²) in [6, 6.07) is 10.9. The largest absolute Gasteiger partial charge is 0.377 e. The van der Waals surface area contributed by atoms with Crippen LogP contribution in [0.4, 0.5) is 10.2 Å². The number of rotatable bonds is 4. The van der Waals surface area contributed by atoms with Crippen LogP contribution in [0.15, 0.2) is 55.0 Å². The molecule has 6 rings (SSSR count). The predicted octanol–water partition coefficient (Wildman–Crippen LogP) is 4.85. The monoisotopic (exact) mass is 483 g/mol. The van der Waals surface area contributed by atoms with Crippen molar-refractivity contribution < 1.29 is 9.13 Å². The smallest absolute Gasteiger partial charge is 0.162 e. The van der Waals surface area contributed by atoms with E-state index in [0.29, 0.717) is 36.7 Å². The number of pyridine rings is 1. The molecule has 1 atom stereocenters. The Labute approximate surface area is 207 Å². The van der Waals surface area contributed by atoms with Crippen molar-refractivity contribution in [2.24, 2.45) is 0 Å². The van der Waals surface area contributed by atoms with Crippen LogP contribution in [0.2, 0.25) is 0 Å². The highest BCUT2D eigenvalue weighted by Crippen LogP contribution is 2.34. The molecule has 182 valence electrons. The molecule has 1 aliphatic heterocycles. The molecule has 0 unspecified atom stereocenters. The summed E-state index contributed by atoms with van der Waals surface area (Å²) in [6.07, 6.45) is 5.32. The van der Waals surface area contributed by atoms with Crippen molar-refractivity contribution in [2.45, 2.75) is 26.8 Å². The van der Waals surface area contributed by atoms with Crippen molar-refractivity contribution >= 4 is 16.7 Å². The fraction of sp³-hybridized carbons (Fsp3) is 0.259. The van der Waals surface area contributed by atoms with E-state index in [1.54, 1.807) is 18.6 Å². The van der Waals surface area contributed by atoms with Gasteiger partial charge in [0.15, 0.2) is 5.82 Å². The summed E-state index contributed by atoms with van der Waals surface area (Å²) in [5.41, 5.74) is 5.67. The van der Waals surface area contributed by atoms with Gasteiger partial charge in [0, 0.05) is 47.0 Å². The van der Waals surface area contributed by atoms with Crippen LogP contribution in [-0.4, -0.2) is 55.5 Å². The van der Waals surface area contributed by atoms with E-state index < -0.39 is 0 Å². The number of aromatic nitrogens is 6. The molecule has 0 amide bonds. The van der Waals surface area contributed by atoms with Gasteiger partial charge in [-0.1, -0.05) is 0 Å². The van der Waals surface area contributed by atoms with E-state index in [0.717, 1.165) is 39.5 Å². The van der Waals surface area contributed by atoms with Crippen LogP contribution in [0.25, 0.3) is 39.2 Å². The quantitative estimate of drug-likeness (QED) is 0.393. The topological polar surface area (TPSA) is 84.8 Å². The Kier molecular flexibility index (Phi) is 5.49. The molecule has 5 heterocycles. The zero-order valence-corrected chi connectivity index (χ0v) is 20.4. The van der Waals surface area contributed by atoms with E-state index in [4.69, 9.17) is 19.8 Å². The lowest BCUT2D eigenvalue weighted by Crippen LogP contribution is -2.44. The van der Waals surface area contributed by atoms with Crippen LogP contribution < -0.4 is 4.90 Å². The predicted molar refractivity (Wildman–Crippen MR) is 137 cm³/mol. The third kappa shape index (κ3) is 3.81. The Morgan fingerprint density at radius 2 is 2.03 bits per heavy atom. The highest BCUT2D eigenvalue weighted by Gasteiger charge is 2.25. The summed E-state index contributed by atoms with van der Waals surface area (Å²) in [5.74, 6) is 0.914. The lowest BCUT2D eigenvalue weighted by atomic mass is 10.1. The van der Waals surface area contributed by atoms with E-state index in [2.05, 4.69) is 21.8 Å². The Hall–Kier alpha value is -4.11. The molecule has 1 fully saturated rings. The normalized spacial score (nSPS) is 16.1. The van der Waals surface area contributed by atoms with E-state index in [1.165, 1.54) is 12.1 Å². The Morgan fingerprint density at radius 3 is 2.83 bits per heavy atom. The average molecular weight is 484 g/mol. The number of nitrogens with zero attached hydrogens (tertiary/aromatic N) is 6. The van der Waals surface area contributed by atoms with Gasteiger partial charge in [0.05, 0.1) is 48.2 Å². The first kappa shape index (κ1) is 22.4. The second-order valence-corrected chi connectivity index (χ2v) is 9.11. The maximum absolute atomic E-state index is 14.6. The summed E-state index contributed by atoms with van der Waals surface area (Å²) >= 11 is 0. The number of ether oxygens (including phenoxy) is 1. The molecule has 0 radical (unpaired) electrons. The zero-order chi connectivity index (χ0) is 24.8. The maximum atomic E-state index is 14.6. The van der Waals surface area contributed by atoms with Gasteiger partial charge in [0.1, 0.15) is 11.6 Å². The second-order valence-electron chi connectivity index (χ2n) is 9.11. The lowest BCUT2D eigenvalue weighted by molar-refractivity contribution is 0.0985. The minimum atomic E-state index is -0.341. The molecule has 36 heavy (non-hydrogen) atoms. The average Bonchev–Trinajstić information content (AvgIpc) is 3.47. The number of nitrogens with one attached hydrogen (secondary N) is 1. The molecule has 0 aliphatic carbocycles. The summed E-state index contributed by atoms with van der Waals surface area (Å²) in [5, 5.41) is 5.66. The van der Waals surface area contributed by atoms with E-state index in [-0.39, 0.29) is 11.9 Å². The molecule has 1 N–H and O–H groups in total. The van der Waals surface area contributed by atoms with Gasteiger partial charge >= 0.3 is 0 Å². The number of morpholine rings is 1. The number of benzene rings is 1. The number of fused-ring (bicyclic) bond motifs is 1. The molecule has 0 bridgehead atoms. The Bertz CT molecular complexity index is 1560. The van der Waals surface area contributed by atoms with Crippen LogP contribution in [0.1, 0.15) is 18.3 Å². The third-order valence-corrected chi connectivity index (χ3v) is 6.69. The molecule has 1 saturated heterocycles. The van der Waals surface area contributed by atoms with Gasteiger partial charge in [-0.05, 0) is 51.1 Å². The summed E-state index contributed by atoms with van der Waals surface area (Å²) in [4.78, 5) is 19.5. The van der Waals surface area contributed by atoms with Crippen LogP contribution in [0.5, 0.6) is 0 Å².